The van der Waals surface area contributed by atoms with Crippen molar-refractivity contribution in [3.63, 3.8) is 0 Å². The normalized spacial score (nSPS) is 19.2. The van der Waals surface area contributed by atoms with E-state index in [0.717, 1.165) is 29.4 Å². The van der Waals surface area contributed by atoms with Crippen molar-refractivity contribution in [1.82, 2.24) is 29.7 Å². The number of nitrogens with zero attached hydrogens (tertiary/aromatic N) is 4. The summed E-state index contributed by atoms with van der Waals surface area (Å²) in [6.45, 7) is 0. The molecule has 160 valence electrons. The summed E-state index contributed by atoms with van der Waals surface area (Å²) >= 11 is 6.07. The second-order valence-corrected chi connectivity index (χ2v) is 8.20. The Kier molecular flexibility index (Phi) is 4.93. The number of rotatable bonds is 4. The van der Waals surface area contributed by atoms with Gasteiger partial charge in [-0.25, -0.2) is 33.9 Å². The van der Waals surface area contributed by atoms with Gasteiger partial charge >= 0.3 is 11.4 Å². The van der Waals surface area contributed by atoms with Gasteiger partial charge in [-0.15, -0.1) is 4.74 Å². The number of aromatic nitrogens is 6. The van der Waals surface area contributed by atoms with Crippen LogP contribution < -0.4 is 11.4 Å². The first-order chi connectivity index (χ1) is 15.0. The Labute approximate surface area is 179 Å². The summed E-state index contributed by atoms with van der Waals surface area (Å²) in [4.78, 5) is 41.2. The molecule has 0 aliphatic heterocycles. The van der Waals surface area contributed by atoms with Gasteiger partial charge in [-0.05, 0) is 37.7 Å². The Bertz CT molecular complexity index is 1370. The van der Waals surface area contributed by atoms with Gasteiger partial charge in [0.15, 0.2) is 11.6 Å². The van der Waals surface area contributed by atoms with Crippen molar-refractivity contribution in [2.75, 3.05) is 0 Å². The first-order valence-corrected chi connectivity index (χ1v) is 10.3. The van der Waals surface area contributed by atoms with Crippen LogP contribution in [0.15, 0.2) is 38.8 Å². The van der Waals surface area contributed by atoms with Crippen LogP contribution >= 0.6 is 11.6 Å². The van der Waals surface area contributed by atoms with Crippen LogP contribution in [0.2, 0.25) is 5.02 Å². The first kappa shape index (κ1) is 19.7. The summed E-state index contributed by atoms with van der Waals surface area (Å²) in [5.41, 5.74) is 1.08. The predicted octanol–water partition coefficient (Wildman–Crippen LogP) is 3.23. The lowest BCUT2D eigenvalue weighted by molar-refractivity contribution is 0.138. The lowest BCUT2D eigenvalue weighted by Crippen LogP contribution is -2.27. The molecule has 1 aliphatic carbocycles. The van der Waals surface area contributed by atoms with Crippen LogP contribution in [0.25, 0.3) is 22.4 Å². The van der Waals surface area contributed by atoms with Gasteiger partial charge in [0.1, 0.15) is 5.65 Å². The van der Waals surface area contributed by atoms with Crippen LogP contribution in [0.3, 0.4) is 0 Å². The first-order valence-electron chi connectivity index (χ1n) is 9.94. The number of pyridine rings is 1. The van der Waals surface area contributed by atoms with E-state index in [2.05, 4.69) is 24.9 Å². The molecular formula is C20H18ClFN6O3. The molecule has 9 nitrogen and oxygen atoms in total. The van der Waals surface area contributed by atoms with Crippen molar-refractivity contribution >= 4 is 22.6 Å². The lowest BCUT2D eigenvalue weighted by Gasteiger charge is -2.28. The monoisotopic (exact) mass is 444 g/mol. The van der Waals surface area contributed by atoms with E-state index < -0.39 is 17.3 Å². The molecule has 1 saturated carbocycles. The molecule has 0 aromatic carbocycles. The molecule has 0 bridgehead atoms. The highest BCUT2D eigenvalue weighted by atomic mass is 35.5. The molecule has 1 fully saturated rings. The second kappa shape index (κ2) is 7.77. The lowest BCUT2D eigenvalue weighted by atomic mass is 9.83. The van der Waals surface area contributed by atoms with E-state index in [4.69, 9.17) is 16.1 Å². The fourth-order valence-electron chi connectivity index (χ4n) is 4.31. The maximum absolute atomic E-state index is 14.5. The quantitative estimate of drug-likeness (QED) is 0.498. The molecule has 0 amide bonds. The Morgan fingerprint density at radius 1 is 1.26 bits per heavy atom. The molecular weight excluding hydrogens is 427 g/mol. The molecule has 4 aromatic rings. The molecule has 31 heavy (non-hydrogen) atoms. The summed E-state index contributed by atoms with van der Waals surface area (Å²) in [6, 6.07) is 1.52. The Morgan fingerprint density at radius 3 is 2.94 bits per heavy atom. The van der Waals surface area contributed by atoms with Crippen molar-refractivity contribution < 1.29 is 8.91 Å². The summed E-state index contributed by atoms with van der Waals surface area (Å²) in [5, 5.41) is 1.24. The van der Waals surface area contributed by atoms with Gasteiger partial charge in [-0.2, -0.15) is 0 Å². The number of hydrogen-bond donors (Lipinski definition) is 2. The van der Waals surface area contributed by atoms with Crippen molar-refractivity contribution in [1.29, 1.82) is 0 Å². The maximum atomic E-state index is 14.5. The molecule has 2 N–H and O–H groups in total. The van der Waals surface area contributed by atoms with Crippen LogP contribution in [0.5, 0.6) is 0 Å². The van der Waals surface area contributed by atoms with E-state index >= 15 is 0 Å². The number of H-pyrrole nitrogens is 2. The SMILES string of the molecule is O=c1[nH]c(=O)n([C@H]2CCC[C@H](Cc3nc(-c4c[nH]c5ncc(Cl)cc45)ncc3F)C2)o1. The minimum atomic E-state index is -0.771. The van der Waals surface area contributed by atoms with Crippen LogP contribution in [0, 0.1) is 11.7 Å². The number of hydrogen-bond acceptors (Lipinski definition) is 6. The Hall–Kier alpha value is -3.27. The van der Waals surface area contributed by atoms with Gasteiger partial charge in [-0.1, -0.05) is 18.0 Å². The minimum absolute atomic E-state index is 0.0854. The van der Waals surface area contributed by atoms with Gasteiger partial charge in [0, 0.05) is 23.3 Å². The van der Waals surface area contributed by atoms with E-state index in [1.165, 1.54) is 6.20 Å². The third-order valence-corrected chi connectivity index (χ3v) is 5.92. The zero-order valence-corrected chi connectivity index (χ0v) is 17.0. The van der Waals surface area contributed by atoms with Crippen molar-refractivity contribution in [2.24, 2.45) is 5.92 Å². The van der Waals surface area contributed by atoms with Crippen LogP contribution in [-0.2, 0) is 6.42 Å². The number of halogens is 2. The number of aromatic amines is 2. The molecule has 1 aliphatic rings. The Morgan fingerprint density at radius 2 is 2.13 bits per heavy atom. The molecule has 0 radical (unpaired) electrons. The average Bonchev–Trinajstić information content (AvgIpc) is 3.32. The topological polar surface area (TPSA) is 122 Å². The zero-order chi connectivity index (χ0) is 21.5. The molecule has 0 saturated heterocycles. The summed E-state index contributed by atoms with van der Waals surface area (Å²) in [7, 11) is 0. The van der Waals surface area contributed by atoms with Gasteiger partial charge in [-0.3, -0.25) is 0 Å². The van der Waals surface area contributed by atoms with E-state index in [-0.39, 0.29) is 12.0 Å². The van der Waals surface area contributed by atoms with E-state index in [1.807, 2.05) is 0 Å². The van der Waals surface area contributed by atoms with Crippen molar-refractivity contribution in [3.05, 3.63) is 62.2 Å². The molecule has 11 heteroatoms. The van der Waals surface area contributed by atoms with Crippen molar-refractivity contribution in [2.45, 2.75) is 38.1 Å². The highest BCUT2D eigenvalue weighted by Crippen LogP contribution is 2.34. The number of fused-ring (bicyclic) bond motifs is 1. The third-order valence-electron chi connectivity index (χ3n) is 5.71. The Balaban J connectivity index is 1.42. The fraction of sp³-hybridized carbons (Fsp3) is 0.350. The average molecular weight is 445 g/mol. The summed E-state index contributed by atoms with van der Waals surface area (Å²) in [5.74, 6) is -0.784. The second-order valence-electron chi connectivity index (χ2n) is 7.77. The molecule has 0 spiro atoms. The third kappa shape index (κ3) is 3.78. The van der Waals surface area contributed by atoms with Crippen molar-refractivity contribution in [3.8, 4) is 11.4 Å². The standard InChI is InChI=1S/C20H18ClFN6O3/c21-11-6-13-14(8-24-17(13)23-7-11)18-25-9-15(22)16(26-18)5-10-2-1-3-12(4-10)28-19(29)27-20(30)31-28/h6-10,12H,1-5H2,(H,23,24)(H,27,29,30)/t10-,12-/m0/s1. The largest absolute Gasteiger partial charge is 0.440 e. The van der Waals surface area contributed by atoms with Gasteiger partial charge in [0.2, 0.25) is 0 Å². The molecule has 2 atom stereocenters. The van der Waals surface area contributed by atoms with E-state index in [1.54, 1.807) is 18.5 Å². The zero-order valence-electron chi connectivity index (χ0n) is 16.3. The molecule has 4 aromatic heterocycles. The highest BCUT2D eigenvalue weighted by Gasteiger charge is 2.27. The molecule has 0 unspecified atom stereocenters. The molecule has 4 heterocycles. The summed E-state index contributed by atoms with van der Waals surface area (Å²) in [6.07, 6.45) is 7.84. The van der Waals surface area contributed by atoms with Crippen LogP contribution in [0.1, 0.15) is 37.4 Å². The fourth-order valence-corrected chi connectivity index (χ4v) is 4.47. The maximum Gasteiger partial charge on any atom is 0.440 e. The predicted molar refractivity (Wildman–Crippen MR) is 110 cm³/mol. The van der Waals surface area contributed by atoms with Gasteiger partial charge in [0.05, 0.1) is 23.0 Å². The van der Waals surface area contributed by atoms with Gasteiger partial charge < -0.3 is 9.51 Å². The van der Waals surface area contributed by atoms with Crippen LogP contribution in [0.4, 0.5) is 4.39 Å². The highest BCUT2D eigenvalue weighted by molar-refractivity contribution is 6.31. The van der Waals surface area contributed by atoms with Gasteiger partial charge in [0.25, 0.3) is 0 Å². The minimum Gasteiger partial charge on any atom is -0.345 e. The van der Waals surface area contributed by atoms with E-state index in [0.29, 0.717) is 40.6 Å². The number of nitrogens with one attached hydrogen (secondary N) is 2. The smallest absolute Gasteiger partial charge is 0.345 e. The molecule has 5 rings (SSSR count). The van der Waals surface area contributed by atoms with Crippen LogP contribution in [-0.4, -0.2) is 29.7 Å². The van der Waals surface area contributed by atoms with E-state index in [9.17, 15) is 14.0 Å². The summed E-state index contributed by atoms with van der Waals surface area (Å²) < 4.78 is 20.6.